The van der Waals surface area contributed by atoms with Crippen LogP contribution in [-0.2, 0) is 16.0 Å². The molecule has 4 nitrogen and oxygen atoms in total. The predicted octanol–water partition coefficient (Wildman–Crippen LogP) is 1.06. The summed E-state index contributed by atoms with van der Waals surface area (Å²) in [5, 5.41) is 1.81. The molecule has 2 rings (SSSR count). The van der Waals surface area contributed by atoms with E-state index in [0.29, 0.717) is 19.4 Å². The normalized spacial score (nSPS) is 15.1. The highest BCUT2D eigenvalue weighted by molar-refractivity contribution is 5.84. The summed E-state index contributed by atoms with van der Waals surface area (Å²) in [5.41, 5.74) is 4.64. The molecule has 1 aromatic carbocycles. The van der Waals surface area contributed by atoms with Gasteiger partial charge in [-0.05, 0) is 18.6 Å². The number of hydrazine groups is 1. The Morgan fingerprint density at radius 3 is 2.81 bits per heavy atom. The lowest BCUT2D eigenvalue weighted by Gasteiger charge is -2.20. The number of anilines is 1. The van der Waals surface area contributed by atoms with Crippen LogP contribution in [0.25, 0.3) is 0 Å². The first kappa shape index (κ1) is 10.7. The van der Waals surface area contributed by atoms with Crippen LogP contribution >= 0.6 is 0 Å². The van der Waals surface area contributed by atoms with Gasteiger partial charge in [-0.3, -0.25) is 20.0 Å². The van der Waals surface area contributed by atoms with Crippen LogP contribution in [0.4, 0.5) is 5.69 Å². The summed E-state index contributed by atoms with van der Waals surface area (Å²) in [4.78, 5) is 22.3. The molecule has 0 aliphatic carbocycles. The Labute approximate surface area is 94.2 Å². The number of nitrogens with one attached hydrogen (secondary N) is 1. The number of para-hydroxylation sites is 1. The SMILES string of the molecule is CC(=O)Cc1ccccc1N1CCC(=O)N1. The van der Waals surface area contributed by atoms with Crippen molar-refractivity contribution in [1.29, 1.82) is 0 Å². The highest BCUT2D eigenvalue weighted by atomic mass is 16.2. The van der Waals surface area contributed by atoms with Gasteiger partial charge < -0.3 is 0 Å². The minimum absolute atomic E-state index is 0.0256. The van der Waals surface area contributed by atoms with Gasteiger partial charge in [0.15, 0.2) is 0 Å². The van der Waals surface area contributed by atoms with Crippen molar-refractivity contribution in [2.24, 2.45) is 0 Å². The Hall–Kier alpha value is -1.84. The molecule has 1 saturated heterocycles. The summed E-state index contributed by atoms with van der Waals surface area (Å²) in [6, 6.07) is 7.65. The van der Waals surface area contributed by atoms with E-state index in [1.54, 1.807) is 11.9 Å². The Morgan fingerprint density at radius 2 is 2.19 bits per heavy atom. The maximum Gasteiger partial charge on any atom is 0.240 e. The molecule has 0 radical (unpaired) electrons. The number of Topliss-reactive ketones (excluding diaryl/α,β-unsaturated/α-hetero) is 1. The topological polar surface area (TPSA) is 49.4 Å². The van der Waals surface area contributed by atoms with Gasteiger partial charge in [-0.1, -0.05) is 18.2 Å². The van der Waals surface area contributed by atoms with Gasteiger partial charge in [-0.2, -0.15) is 0 Å². The van der Waals surface area contributed by atoms with Gasteiger partial charge in [0.05, 0.1) is 5.69 Å². The number of rotatable bonds is 3. The fourth-order valence-corrected chi connectivity index (χ4v) is 1.85. The molecule has 16 heavy (non-hydrogen) atoms. The monoisotopic (exact) mass is 218 g/mol. The van der Waals surface area contributed by atoms with Gasteiger partial charge in [0.2, 0.25) is 5.91 Å². The molecule has 84 valence electrons. The van der Waals surface area contributed by atoms with Crippen LogP contribution in [-0.4, -0.2) is 18.2 Å². The zero-order valence-electron chi connectivity index (χ0n) is 9.19. The van der Waals surface area contributed by atoms with Crippen LogP contribution in [0.2, 0.25) is 0 Å². The van der Waals surface area contributed by atoms with Crippen molar-refractivity contribution >= 4 is 17.4 Å². The molecule has 1 aliphatic heterocycles. The second kappa shape index (κ2) is 4.35. The number of hydrogen-bond donors (Lipinski definition) is 1. The average Bonchev–Trinajstić information content (AvgIpc) is 2.65. The van der Waals surface area contributed by atoms with E-state index in [1.165, 1.54) is 0 Å². The molecule has 1 aliphatic rings. The molecule has 4 heteroatoms. The Kier molecular flexibility index (Phi) is 2.90. The fourth-order valence-electron chi connectivity index (χ4n) is 1.85. The first-order valence-electron chi connectivity index (χ1n) is 5.31. The molecule has 1 fully saturated rings. The largest absolute Gasteiger partial charge is 0.300 e. The Balaban J connectivity index is 2.25. The molecule has 0 spiro atoms. The van der Waals surface area contributed by atoms with E-state index in [4.69, 9.17) is 0 Å². The van der Waals surface area contributed by atoms with E-state index in [1.807, 2.05) is 24.3 Å². The zero-order chi connectivity index (χ0) is 11.5. The Bertz CT molecular complexity index is 429. The minimum Gasteiger partial charge on any atom is -0.300 e. The van der Waals surface area contributed by atoms with Crippen LogP contribution in [0.3, 0.4) is 0 Å². The molecular weight excluding hydrogens is 204 g/mol. The number of nitrogens with zero attached hydrogens (tertiary/aromatic N) is 1. The maximum absolute atomic E-state index is 11.1. The first-order chi connectivity index (χ1) is 7.66. The number of carbonyl (C=O) groups is 2. The summed E-state index contributed by atoms with van der Waals surface area (Å²) in [6.45, 7) is 2.23. The molecule has 0 atom stereocenters. The van der Waals surface area contributed by atoms with Crippen LogP contribution in [0.15, 0.2) is 24.3 Å². The molecule has 0 unspecified atom stereocenters. The molecule has 0 aromatic heterocycles. The van der Waals surface area contributed by atoms with Crippen LogP contribution in [0.5, 0.6) is 0 Å². The van der Waals surface area contributed by atoms with Gasteiger partial charge in [0.25, 0.3) is 0 Å². The van der Waals surface area contributed by atoms with Crippen molar-refractivity contribution in [2.45, 2.75) is 19.8 Å². The molecule has 0 saturated carbocycles. The van der Waals surface area contributed by atoms with E-state index < -0.39 is 0 Å². The first-order valence-corrected chi connectivity index (χ1v) is 5.31. The van der Waals surface area contributed by atoms with Gasteiger partial charge in [-0.15, -0.1) is 0 Å². The van der Waals surface area contributed by atoms with Gasteiger partial charge >= 0.3 is 0 Å². The second-order valence-electron chi connectivity index (χ2n) is 3.94. The molecule has 1 heterocycles. The lowest BCUT2D eigenvalue weighted by Crippen LogP contribution is -2.33. The average molecular weight is 218 g/mol. The summed E-state index contributed by atoms with van der Waals surface area (Å²) >= 11 is 0. The summed E-state index contributed by atoms with van der Waals surface area (Å²) in [6.07, 6.45) is 0.914. The predicted molar refractivity (Wildman–Crippen MR) is 60.9 cm³/mol. The molecule has 1 N–H and O–H groups in total. The summed E-state index contributed by atoms with van der Waals surface area (Å²) < 4.78 is 0. The van der Waals surface area contributed by atoms with Crippen molar-refractivity contribution < 1.29 is 9.59 Å². The van der Waals surface area contributed by atoms with E-state index in [-0.39, 0.29) is 11.7 Å². The highest BCUT2D eigenvalue weighted by Gasteiger charge is 2.20. The van der Waals surface area contributed by atoms with Crippen LogP contribution < -0.4 is 10.4 Å². The van der Waals surface area contributed by atoms with E-state index in [0.717, 1.165) is 11.3 Å². The number of benzene rings is 1. The number of ketones is 1. The van der Waals surface area contributed by atoms with Crippen molar-refractivity contribution in [1.82, 2.24) is 5.43 Å². The summed E-state index contributed by atoms with van der Waals surface area (Å²) in [5.74, 6) is 0.149. The van der Waals surface area contributed by atoms with E-state index in [9.17, 15) is 9.59 Å². The van der Waals surface area contributed by atoms with Crippen molar-refractivity contribution in [3.63, 3.8) is 0 Å². The smallest absolute Gasteiger partial charge is 0.240 e. The highest BCUT2D eigenvalue weighted by Crippen LogP contribution is 2.21. The third kappa shape index (κ3) is 2.21. The van der Waals surface area contributed by atoms with Gasteiger partial charge in [0, 0.05) is 19.4 Å². The maximum atomic E-state index is 11.1. The minimum atomic E-state index is 0.0256. The fraction of sp³-hybridized carbons (Fsp3) is 0.333. The third-order valence-corrected chi connectivity index (χ3v) is 2.54. The van der Waals surface area contributed by atoms with Crippen molar-refractivity contribution in [3.8, 4) is 0 Å². The van der Waals surface area contributed by atoms with Gasteiger partial charge in [-0.25, -0.2) is 0 Å². The quantitative estimate of drug-likeness (QED) is 0.825. The molecule has 1 amide bonds. The Morgan fingerprint density at radius 1 is 1.44 bits per heavy atom. The standard InChI is InChI=1S/C12H14N2O2/c1-9(15)8-10-4-2-3-5-11(10)14-7-6-12(16)13-14/h2-5H,6-8H2,1H3,(H,13,16). The van der Waals surface area contributed by atoms with Crippen LogP contribution in [0.1, 0.15) is 18.9 Å². The van der Waals surface area contributed by atoms with E-state index in [2.05, 4.69) is 5.43 Å². The lowest BCUT2D eigenvalue weighted by atomic mass is 10.1. The summed E-state index contributed by atoms with van der Waals surface area (Å²) in [7, 11) is 0. The van der Waals surface area contributed by atoms with Crippen molar-refractivity contribution in [3.05, 3.63) is 29.8 Å². The third-order valence-electron chi connectivity index (χ3n) is 2.54. The molecule has 0 bridgehead atoms. The van der Waals surface area contributed by atoms with Gasteiger partial charge in [0.1, 0.15) is 5.78 Å². The van der Waals surface area contributed by atoms with Crippen LogP contribution in [0, 0.1) is 0 Å². The number of hydrogen-bond acceptors (Lipinski definition) is 3. The van der Waals surface area contributed by atoms with E-state index >= 15 is 0 Å². The molecule has 1 aromatic rings. The lowest BCUT2D eigenvalue weighted by molar-refractivity contribution is -0.119. The van der Waals surface area contributed by atoms with Crippen molar-refractivity contribution in [2.75, 3.05) is 11.6 Å². The second-order valence-corrected chi connectivity index (χ2v) is 3.94. The number of carbonyl (C=O) groups excluding carboxylic acids is 2. The zero-order valence-corrected chi connectivity index (χ0v) is 9.19. The number of amides is 1. The molecular formula is C12H14N2O2.